The first-order chi connectivity index (χ1) is 8.31. The van der Waals surface area contributed by atoms with Crippen LogP contribution in [0.25, 0.3) is 0 Å². The van der Waals surface area contributed by atoms with Gasteiger partial charge in [0, 0.05) is 0 Å². The van der Waals surface area contributed by atoms with Crippen molar-refractivity contribution in [1.82, 2.24) is 4.37 Å². The van der Waals surface area contributed by atoms with Crippen LogP contribution in [-0.2, 0) is 0 Å². The Kier molecular flexibility index (Phi) is 3.70. The molecule has 0 unspecified atom stereocenters. The highest BCUT2D eigenvalue weighted by molar-refractivity contribution is 7.10. The van der Waals surface area contributed by atoms with Crippen molar-refractivity contribution in [3.63, 3.8) is 0 Å². The van der Waals surface area contributed by atoms with E-state index in [9.17, 15) is 0 Å². The van der Waals surface area contributed by atoms with E-state index in [1.165, 1.54) is 0 Å². The molecular formula is C11H7ClN4S. The lowest BCUT2D eigenvalue weighted by atomic mass is 10.2. The maximum Gasteiger partial charge on any atom is 0.162 e. The van der Waals surface area contributed by atoms with Crippen LogP contribution in [0, 0.1) is 11.3 Å². The van der Waals surface area contributed by atoms with Crippen molar-refractivity contribution >= 4 is 34.3 Å². The van der Waals surface area contributed by atoms with Gasteiger partial charge in [0.1, 0.15) is 16.6 Å². The number of benzene rings is 1. The summed E-state index contributed by atoms with van der Waals surface area (Å²) in [4.78, 5) is 0. The normalized spacial score (nSPS) is 10.4. The molecule has 0 amide bonds. The topological polar surface area (TPSA) is 61.1 Å². The van der Waals surface area contributed by atoms with Crippen LogP contribution in [-0.4, -0.2) is 10.6 Å². The predicted molar refractivity (Wildman–Crippen MR) is 69.5 cm³/mol. The first-order valence-corrected chi connectivity index (χ1v) is 5.86. The molecule has 1 aromatic carbocycles. The zero-order chi connectivity index (χ0) is 12.1. The van der Waals surface area contributed by atoms with Crippen molar-refractivity contribution in [2.75, 3.05) is 5.43 Å². The van der Waals surface area contributed by atoms with Gasteiger partial charge in [-0.25, -0.2) is 0 Å². The quantitative estimate of drug-likeness (QED) is 0.683. The Balaban J connectivity index is 2.08. The van der Waals surface area contributed by atoms with Gasteiger partial charge < -0.3 is 0 Å². The summed E-state index contributed by atoms with van der Waals surface area (Å²) in [5, 5.41) is 13.6. The molecule has 0 bridgehead atoms. The summed E-state index contributed by atoms with van der Waals surface area (Å²) in [6, 6.07) is 11.6. The van der Waals surface area contributed by atoms with Crippen molar-refractivity contribution in [1.29, 1.82) is 5.26 Å². The summed E-state index contributed by atoms with van der Waals surface area (Å²) in [5.41, 5.74) is 4.04. The molecule has 0 radical (unpaired) electrons. The van der Waals surface area contributed by atoms with Gasteiger partial charge in [0.15, 0.2) is 5.15 Å². The van der Waals surface area contributed by atoms with Crippen molar-refractivity contribution in [3.05, 3.63) is 46.6 Å². The molecule has 0 saturated carbocycles. The Morgan fingerprint density at radius 1 is 1.41 bits per heavy atom. The first-order valence-electron chi connectivity index (χ1n) is 4.70. The summed E-state index contributed by atoms with van der Waals surface area (Å²) in [6.07, 6.45) is 1.66. The minimum Gasteiger partial charge on any atom is -0.266 e. The first kappa shape index (κ1) is 11.6. The number of hydrogen-bond acceptors (Lipinski definition) is 5. The molecule has 6 heteroatoms. The molecule has 0 aliphatic carbocycles. The molecule has 0 atom stereocenters. The van der Waals surface area contributed by atoms with Gasteiger partial charge in [-0.1, -0.05) is 41.9 Å². The van der Waals surface area contributed by atoms with E-state index < -0.39 is 0 Å². The van der Waals surface area contributed by atoms with Crippen LogP contribution < -0.4 is 5.43 Å². The Labute approximate surface area is 107 Å². The molecule has 2 aromatic rings. The summed E-state index contributed by atoms with van der Waals surface area (Å²) < 4.78 is 3.86. The Morgan fingerprint density at radius 2 is 2.18 bits per heavy atom. The summed E-state index contributed by atoms with van der Waals surface area (Å²) in [7, 11) is 0. The molecule has 1 N–H and O–H groups in total. The number of anilines is 1. The molecule has 0 fully saturated rings. The third-order valence-corrected chi connectivity index (χ3v) is 3.07. The highest BCUT2D eigenvalue weighted by Gasteiger charge is 2.10. The van der Waals surface area contributed by atoms with E-state index in [1.807, 2.05) is 36.4 Å². The lowest BCUT2D eigenvalue weighted by molar-refractivity contribution is 1.37. The average Bonchev–Trinajstić information content (AvgIpc) is 2.71. The molecule has 0 spiro atoms. The van der Waals surface area contributed by atoms with Crippen LogP contribution >= 0.6 is 23.1 Å². The SMILES string of the molecule is N#Cc1c(Cl)nsc1N/N=C/c1ccccc1. The number of rotatable bonds is 3. The van der Waals surface area contributed by atoms with Crippen molar-refractivity contribution in [3.8, 4) is 6.07 Å². The number of aromatic nitrogens is 1. The fourth-order valence-electron chi connectivity index (χ4n) is 1.15. The smallest absolute Gasteiger partial charge is 0.162 e. The maximum absolute atomic E-state index is 8.84. The average molecular weight is 263 g/mol. The summed E-state index contributed by atoms with van der Waals surface area (Å²) in [6.45, 7) is 0. The van der Waals surface area contributed by atoms with Crippen LogP contribution in [0.15, 0.2) is 35.4 Å². The second-order valence-corrected chi connectivity index (χ2v) is 4.20. The second-order valence-electron chi connectivity index (χ2n) is 3.07. The second kappa shape index (κ2) is 5.43. The van der Waals surface area contributed by atoms with E-state index in [0.29, 0.717) is 10.6 Å². The van der Waals surface area contributed by atoms with E-state index in [4.69, 9.17) is 16.9 Å². The number of hydrogen-bond donors (Lipinski definition) is 1. The summed E-state index contributed by atoms with van der Waals surface area (Å²) in [5.74, 6) is 0. The van der Waals surface area contributed by atoms with E-state index in [0.717, 1.165) is 17.1 Å². The van der Waals surface area contributed by atoms with Crippen molar-refractivity contribution in [2.45, 2.75) is 0 Å². The Bertz CT molecular complexity index is 571. The lowest BCUT2D eigenvalue weighted by Crippen LogP contribution is -1.89. The van der Waals surface area contributed by atoms with E-state index in [-0.39, 0.29) is 5.15 Å². The highest BCUT2D eigenvalue weighted by Crippen LogP contribution is 2.27. The number of nitrogens with zero attached hydrogens (tertiary/aromatic N) is 3. The third kappa shape index (κ3) is 2.81. The predicted octanol–water partition coefficient (Wildman–Crippen LogP) is 3.11. The minimum absolute atomic E-state index is 0.204. The number of nitrogens with one attached hydrogen (secondary N) is 1. The van der Waals surface area contributed by atoms with Gasteiger partial charge in [0.05, 0.1) is 6.21 Å². The zero-order valence-electron chi connectivity index (χ0n) is 8.59. The van der Waals surface area contributed by atoms with Crippen LogP contribution in [0.5, 0.6) is 0 Å². The number of hydrazone groups is 1. The number of halogens is 1. The third-order valence-electron chi connectivity index (χ3n) is 1.94. The minimum atomic E-state index is 0.204. The fourth-order valence-corrected chi connectivity index (χ4v) is 2.03. The van der Waals surface area contributed by atoms with Crippen LogP contribution in [0.4, 0.5) is 5.00 Å². The van der Waals surface area contributed by atoms with Gasteiger partial charge >= 0.3 is 0 Å². The van der Waals surface area contributed by atoms with Gasteiger partial charge in [-0.15, -0.1) is 0 Å². The molecule has 2 rings (SSSR count). The van der Waals surface area contributed by atoms with Gasteiger partial charge in [-0.2, -0.15) is 14.7 Å². The number of nitriles is 1. The van der Waals surface area contributed by atoms with Gasteiger partial charge in [-0.3, -0.25) is 5.43 Å². The monoisotopic (exact) mass is 262 g/mol. The Hall–Kier alpha value is -1.90. The highest BCUT2D eigenvalue weighted by atomic mass is 35.5. The standard InChI is InChI=1S/C11H7ClN4S/c12-10-9(6-13)11(17-16-10)15-14-7-8-4-2-1-3-5-8/h1-5,7,15H/b14-7+. The van der Waals surface area contributed by atoms with Crippen LogP contribution in [0.3, 0.4) is 0 Å². The molecule has 0 aliphatic heterocycles. The van der Waals surface area contributed by atoms with Gasteiger partial charge in [0.25, 0.3) is 0 Å². The fraction of sp³-hybridized carbons (Fsp3) is 0. The van der Waals surface area contributed by atoms with E-state index >= 15 is 0 Å². The van der Waals surface area contributed by atoms with Crippen LogP contribution in [0.1, 0.15) is 11.1 Å². The van der Waals surface area contributed by atoms with E-state index in [2.05, 4.69) is 14.9 Å². The molecular weight excluding hydrogens is 256 g/mol. The molecule has 1 heterocycles. The van der Waals surface area contributed by atoms with Gasteiger partial charge in [-0.05, 0) is 17.1 Å². The zero-order valence-corrected chi connectivity index (χ0v) is 10.2. The Morgan fingerprint density at radius 3 is 2.88 bits per heavy atom. The van der Waals surface area contributed by atoms with Crippen molar-refractivity contribution < 1.29 is 0 Å². The summed E-state index contributed by atoms with van der Waals surface area (Å²) >= 11 is 6.83. The molecule has 0 saturated heterocycles. The van der Waals surface area contributed by atoms with Crippen LogP contribution in [0.2, 0.25) is 5.15 Å². The molecule has 84 valence electrons. The van der Waals surface area contributed by atoms with Crippen molar-refractivity contribution in [2.24, 2.45) is 5.10 Å². The maximum atomic E-state index is 8.84. The molecule has 0 aliphatic rings. The molecule has 4 nitrogen and oxygen atoms in total. The van der Waals surface area contributed by atoms with E-state index in [1.54, 1.807) is 6.21 Å². The lowest BCUT2D eigenvalue weighted by Gasteiger charge is -1.95. The van der Waals surface area contributed by atoms with Gasteiger partial charge in [0.2, 0.25) is 0 Å². The molecule has 1 aromatic heterocycles. The largest absolute Gasteiger partial charge is 0.266 e. The molecule has 17 heavy (non-hydrogen) atoms.